The van der Waals surface area contributed by atoms with E-state index in [1.54, 1.807) is 7.11 Å². The smallest absolute Gasteiger partial charge is 0.245 e. The van der Waals surface area contributed by atoms with E-state index in [0.717, 1.165) is 39.3 Å². The normalized spacial score (nSPS) is 23.4. The van der Waals surface area contributed by atoms with E-state index in [0.29, 0.717) is 5.41 Å². The van der Waals surface area contributed by atoms with Gasteiger partial charge in [0.15, 0.2) is 0 Å². The molecule has 0 aromatic carbocycles. The Morgan fingerprint density at radius 2 is 2.25 bits per heavy atom. The van der Waals surface area contributed by atoms with E-state index < -0.39 is 0 Å². The second kappa shape index (κ2) is 4.55. The summed E-state index contributed by atoms with van der Waals surface area (Å²) in [7, 11) is 1.74. The Labute approximate surface area is 96.8 Å². The minimum absolute atomic E-state index is 0.0703. The number of amides is 1. The monoisotopic (exact) mass is 224 g/mol. The number of carbonyl (C=O) groups excluding carboxylic acids is 1. The van der Waals surface area contributed by atoms with E-state index in [1.165, 1.54) is 12.5 Å². The third kappa shape index (κ3) is 2.13. The van der Waals surface area contributed by atoms with Gasteiger partial charge in [0.2, 0.25) is 5.91 Å². The number of likely N-dealkylation sites (tertiary alicyclic amines) is 2. The molecule has 1 amide bonds. The largest absolute Gasteiger partial charge is 0.383 e. The first-order chi connectivity index (χ1) is 7.69. The zero-order valence-electron chi connectivity index (χ0n) is 9.95. The van der Waals surface area contributed by atoms with E-state index in [9.17, 15) is 4.79 Å². The molecule has 4 nitrogen and oxygen atoms in total. The van der Waals surface area contributed by atoms with Crippen LogP contribution in [0.25, 0.3) is 0 Å². The quantitative estimate of drug-likeness (QED) is 0.646. The number of rotatable bonds is 4. The molecule has 2 aliphatic rings. The lowest BCUT2D eigenvalue weighted by Gasteiger charge is -2.47. The molecule has 0 radical (unpaired) electrons. The summed E-state index contributed by atoms with van der Waals surface area (Å²) in [5.41, 5.74) is 0.367. The van der Waals surface area contributed by atoms with Gasteiger partial charge in [-0.25, -0.2) is 0 Å². The second-order valence-electron chi connectivity index (χ2n) is 4.92. The molecule has 0 atom stereocenters. The first kappa shape index (κ1) is 11.6. The maximum absolute atomic E-state index is 11.4. The van der Waals surface area contributed by atoms with Gasteiger partial charge in [0.25, 0.3) is 0 Å². The molecule has 0 aromatic rings. The summed E-state index contributed by atoms with van der Waals surface area (Å²) in [6.07, 6.45) is 2.61. The van der Waals surface area contributed by atoms with Crippen LogP contribution < -0.4 is 0 Å². The Morgan fingerprint density at radius 1 is 1.50 bits per heavy atom. The first-order valence-corrected chi connectivity index (χ1v) is 5.82. The molecule has 2 aliphatic heterocycles. The molecule has 0 unspecified atom stereocenters. The van der Waals surface area contributed by atoms with Gasteiger partial charge in [-0.1, -0.05) is 6.58 Å². The Balaban J connectivity index is 1.77. The van der Waals surface area contributed by atoms with Crippen LogP contribution in [0.4, 0.5) is 0 Å². The number of nitrogens with zero attached hydrogens (tertiary/aromatic N) is 2. The van der Waals surface area contributed by atoms with Gasteiger partial charge >= 0.3 is 0 Å². The van der Waals surface area contributed by atoms with E-state index in [2.05, 4.69) is 11.5 Å². The second-order valence-corrected chi connectivity index (χ2v) is 4.92. The molecule has 0 bridgehead atoms. The average molecular weight is 224 g/mol. The van der Waals surface area contributed by atoms with Gasteiger partial charge in [-0.3, -0.25) is 4.79 Å². The van der Waals surface area contributed by atoms with E-state index in [1.807, 2.05) is 4.90 Å². The summed E-state index contributed by atoms with van der Waals surface area (Å²) < 4.78 is 5.08. The van der Waals surface area contributed by atoms with E-state index in [4.69, 9.17) is 4.74 Å². The van der Waals surface area contributed by atoms with Crippen LogP contribution in [0, 0.1) is 5.41 Å². The Morgan fingerprint density at radius 3 is 2.88 bits per heavy atom. The SMILES string of the molecule is C=CC(=O)N1CC2(CCN(CCOC)C2)C1. The lowest BCUT2D eigenvalue weighted by molar-refractivity contribution is -0.137. The van der Waals surface area contributed by atoms with Gasteiger partial charge in [-0.15, -0.1) is 0 Å². The van der Waals surface area contributed by atoms with Gasteiger partial charge in [-0.2, -0.15) is 0 Å². The van der Waals surface area contributed by atoms with Crippen LogP contribution >= 0.6 is 0 Å². The highest BCUT2D eigenvalue weighted by Crippen LogP contribution is 2.39. The minimum atomic E-state index is 0.0703. The maximum Gasteiger partial charge on any atom is 0.245 e. The lowest BCUT2D eigenvalue weighted by atomic mass is 9.79. The van der Waals surface area contributed by atoms with Crippen molar-refractivity contribution in [2.75, 3.05) is 46.4 Å². The molecule has 90 valence electrons. The standard InChI is InChI=1S/C12H20N2O2/c1-3-11(15)14-9-12(10-14)4-5-13(8-12)6-7-16-2/h3H,1,4-10H2,2H3. The fraction of sp³-hybridized carbons (Fsp3) is 0.750. The third-order valence-electron chi connectivity index (χ3n) is 3.67. The van der Waals surface area contributed by atoms with Crippen molar-refractivity contribution >= 4 is 5.91 Å². The Hall–Kier alpha value is -0.870. The molecule has 2 fully saturated rings. The van der Waals surface area contributed by atoms with Gasteiger partial charge < -0.3 is 14.5 Å². The predicted molar refractivity (Wildman–Crippen MR) is 62.1 cm³/mol. The third-order valence-corrected chi connectivity index (χ3v) is 3.67. The predicted octanol–water partition coefficient (Wildman–Crippen LogP) is 0.353. The van der Waals surface area contributed by atoms with Crippen molar-refractivity contribution in [2.45, 2.75) is 6.42 Å². The zero-order valence-corrected chi connectivity index (χ0v) is 9.95. The highest BCUT2D eigenvalue weighted by atomic mass is 16.5. The lowest BCUT2D eigenvalue weighted by Crippen LogP contribution is -2.59. The van der Waals surface area contributed by atoms with Crippen molar-refractivity contribution in [3.8, 4) is 0 Å². The van der Waals surface area contributed by atoms with Crippen molar-refractivity contribution in [1.29, 1.82) is 0 Å². The number of methoxy groups -OCH3 is 1. The van der Waals surface area contributed by atoms with Crippen molar-refractivity contribution < 1.29 is 9.53 Å². The van der Waals surface area contributed by atoms with Crippen LogP contribution in [-0.2, 0) is 9.53 Å². The van der Waals surface area contributed by atoms with Gasteiger partial charge in [0, 0.05) is 38.7 Å². The number of carbonyl (C=O) groups is 1. The van der Waals surface area contributed by atoms with Crippen LogP contribution in [0.3, 0.4) is 0 Å². The van der Waals surface area contributed by atoms with Crippen LogP contribution in [0.2, 0.25) is 0 Å². The molecular weight excluding hydrogens is 204 g/mol. The molecule has 2 rings (SSSR count). The summed E-state index contributed by atoms with van der Waals surface area (Å²) in [4.78, 5) is 15.7. The fourth-order valence-electron chi connectivity index (χ4n) is 2.75. The molecule has 0 N–H and O–H groups in total. The van der Waals surface area contributed by atoms with Crippen LogP contribution in [0.5, 0.6) is 0 Å². The Kier molecular flexibility index (Phi) is 3.30. The fourth-order valence-corrected chi connectivity index (χ4v) is 2.75. The molecule has 16 heavy (non-hydrogen) atoms. The van der Waals surface area contributed by atoms with Gasteiger partial charge in [0.1, 0.15) is 0 Å². The molecule has 1 spiro atoms. The van der Waals surface area contributed by atoms with Crippen LogP contribution in [0.1, 0.15) is 6.42 Å². The van der Waals surface area contributed by atoms with Gasteiger partial charge in [0.05, 0.1) is 6.61 Å². The summed E-state index contributed by atoms with van der Waals surface area (Å²) >= 11 is 0. The molecule has 0 aromatic heterocycles. The topological polar surface area (TPSA) is 32.8 Å². The molecular formula is C12H20N2O2. The molecule has 2 heterocycles. The molecule has 0 saturated carbocycles. The summed E-state index contributed by atoms with van der Waals surface area (Å²) in [6.45, 7) is 9.38. The number of hydrogen-bond donors (Lipinski definition) is 0. The summed E-state index contributed by atoms with van der Waals surface area (Å²) in [5, 5.41) is 0. The van der Waals surface area contributed by atoms with Crippen molar-refractivity contribution in [3.63, 3.8) is 0 Å². The van der Waals surface area contributed by atoms with E-state index in [-0.39, 0.29) is 5.91 Å². The zero-order chi connectivity index (χ0) is 11.6. The van der Waals surface area contributed by atoms with Crippen molar-refractivity contribution in [2.24, 2.45) is 5.41 Å². The number of ether oxygens (including phenoxy) is 1. The average Bonchev–Trinajstić information content (AvgIpc) is 2.67. The van der Waals surface area contributed by atoms with Crippen molar-refractivity contribution in [1.82, 2.24) is 9.80 Å². The molecule has 2 saturated heterocycles. The van der Waals surface area contributed by atoms with E-state index >= 15 is 0 Å². The summed E-state index contributed by atoms with van der Waals surface area (Å²) in [5.74, 6) is 0.0703. The first-order valence-electron chi connectivity index (χ1n) is 5.82. The highest BCUT2D eigenvalue weighted by Gasteiger charge is 2.48. The maximum atomic E-state index is 11.4. The number of hydrogen-bond acceptors (Lipinski definition) is 3. The van der Waals surface area contributed by atoms with Crippen LogP contribution in [-0.4, -0.2) is 62.1 Å². The van der Waals surface area contributed by atoms with Gasteiger partial charge in [-0.05, 0) is 19.0 Å². The molecule has 4 heteroatoms. The highest BCUT2D eigenvalue weighted by molar-refractivity contribution is 5.87. The van der Waals surface area contributed by atoms with Crippen LogP contribution in [0.15, 0.2) is 12.7 Å². The Bertz CT molecular complexity index is 285. The minimum Gasteiger partial charge on any atom is -0.383 e. The van der Waals surface area contributed by atoms with Crippen molar-refractivity contribution in [3.05, 3.63) is 12.7 Å². The molecule has 0 aliphatic carbocycles. The summed E-state index contributed by atoms with van der Waals surface area (Å²) in [6, 6.07) is 0.